The van der Waals surface area contributed by atoms with Crippen LogP contribution >= 0.6 is 11.6 Å². The van der Waals surface area contributed by atoms with Gasteiger partial charge >= 0.3 is 0 Å². The summed E-state index contributed by atoms with van der Waals surface area (Å²) in [5.41, 5.74) is 4.19. The third-order valence-electron chi connectivity index (χ3n) is 4.65. The van der Waals surface area contributed by atoms with E-state index in [1.165, 1.54) is 0 Å². The molecule has 0 saturated heterocycles. The minimum atomic E-state index is -0.0219. The molecule has 2 heterocycles. The average Bonchev–Trinajstić information content (AvgIpc) is 2.95. The number of hydrogen-bond acceptors (Lipinski definition) is 3. The predicted molar refractivity (Wildman–Crippen MR) is 107 cm³/mol. The highest BCUT2D eigenvalue weighted by Gasteiger charge is 2.22. The third-order valence-corrected chi connectivity index (χ3v) is 5.02. The Labute approximate surface area is 164 Å². The molecule has 140 valence electrons. The molecule has 0 aliphatic heterocycles. The van der Waals surface area contributed by atoms with Gasteiger partial charge in [-0.25, -0.2) is 0 Å². The number of carbonyl (C=O) groups excluding carboxylic acids is 1. The summed E-state index contributed by atoms with van der Waals surface area (Å²) in [4.78, 5) is 19.0. The Bertz CT molecular complexity index is 937. The van der Waals surface area contributed by atoms with Crippen molar-refractivity contribution in [1.82, 2.24) is 19.7 Å². The number of halogens is 1. The Balaban J connectivity index is 1.75. The minimum absolute atomic E-state index is 0.0219. The maximum Gasteiger partial charge on any atom is 0.257 e. The van der Waals surface area contributed by atoms with Crippen LogP contribution in [0.25, 0.3) is 0 Å². The smallest absolute Gasteiger partial charge is 0.257 e. The molecule has 1 aromatic carbocycles. The number of carbonyl (C=O) groups is 1. The van der Waals surface area contributed by atoms with Gasteiger partial charge in [0.1, 0.15) is 0 Å². The molecular weight excluding hydrogens is 360 g/mol. The van der Waals surface area contributed by atoms with Gasteiger partial charge in [0.15, 0.2) is 0 Å². The highest BCUT2D eigenvalue weighted by Crippen LogP contribution is 2.20. The number of benzene rings is 1. The molecule has 0 bridgehead atoms. The summed E-state index contributed by atoms with van der Waals surface area (Å²) in [5, 5.41) is 5.27. The van der Waals surface area contributed by atoms with Crippen LogP contribution in [0.4, 0.5) is 0 Å². The molecule has 0 atom stereocenters. The van der Waals surface area contributed by atoms with E-state index in [1.807, 2.05) is 68.0 Å². The number of nitrogens with zero attached hydrogens (tertiary/aromatic N) is 4. The van der Waals surface area contributed by atoms with E-state index in [0.717, 1.165) is 29.1 Å². The predicted octanol–water partition coefficient (Wildman–Crippen LogP) is 3.91. The fourth-order valence-electron chi connectivity index (χ4n) is 3.07. The van der Waals surface area contributed by atoms with Crippen molar-refractivity contribution in [2.24, 2.45) is 0 Å². The van der Waals surface area contributed by atoms with Gasteiger partial charge in [0, 0.05) is 42.6 Å². The zero-order valence-corrected chi connectivity index (χ0v) is 16.6. The van der Waals surface area contributed by atoms with Gasteiger partial charge in [-0.2, -0.15) is 5.10 Å². The third kappa shape index (κ3) is 4.37. The molecule has 0 aliphatic carbocycles. The summed E-state index contributed by atoms with van der Waals surface area (Å²) < 4.78 is 1.84. The first-order valence-corrected chi connectivity index (χ1v) is 9.28. The van der Waals surface area contributed by atoms with E-state index in [9.17, 15) is 4.79 Å². The number of rotatable bonds is 6. The van der Waals surface area contributed by atoms with Gasteiger partial charge in [0.05, 0.1) is 17.8 Å². The van der Waals surface area contributed by atoms with Crippen LogP contribution in [0.3, 0.4) is 0 Å². The fraction of sp³-hybridized carbons (Fsp3) is 0.286. The molecule has 1 amide bonds. The highest BCUT2D eigenvalue weighted by atomic mass is 35.5. The second kappa shape index (κ2) is 8.35. The number of hydrogen-bond donors (Lipinski definition) is 0. The standard InChI is InChI=1S/C21H23ClN4O/c1-15-20(21(27)25(3)13-11-18-9-6-7-12-23-18)16(2)26(24-15)14-17-8-4-5-10-19(17)22/h4-10,12H,11,13-14H2,1-3H3. The van der Waals surface area contributed by atoms with Gasteiger partial charge in [0.2, 0.25) is 0 Å². The van der Waals surface area contributed by atoms with E-state index in [0.29, 0.717) is 23.7 Å². The van der Waals surface area contributed by atoms with E-state index in [1.54, 1.807) is 11.1 Å². The normalized spacial score (nSPS) is 10.8. The van der Waals surface area contributed by atoms with Crippen molar-refractivity contribution in [2.75, 3.05) is 13.6 Å². The quantitative estimate of drug-likeness (QED) is 0.649. The van der Waals surface area contributed by atoms with Crippen LogP contribution in [-0.4, -0.2) is 39.2 Å². The lowest BCUT2D eigenvalue weighted by atomic mass is 10.1. The number of amides is 1. The summed E-state index contributed by atoms with van der Waals surface area (Å²) in [6.45, 7) is 4.94. The molecule has 0 unspecified atom stereocenters. The fourth-order valence-corrected chi connectivity index (χ4v) is 3.26. The second-order valence-corrected chi connectivity index (χ2v) is 7.00. The summed E-state index contributed by atoms with van der Waals surface area (Å²) in [6, 6.07) is 13.5. The van der Waals surface area contributed by atoms with Crippen molar-refractivity contribution in [2.45, 2.75) is 26.8 Å². The van der Waals surface area contributed by atoms with E-state index >= 15 is 0 Å². The number of aryl methyl sites for hydroxylation is 1. The molecule has 0 saturated carbocycles. The van der Waals surface area contributed by atoms with Crippen LogP contribution in [0.1, 0.15) is 33.0 Å². The summed E-state index contributed by atoms with van der Waals surface area (Å²) >= 11 is 6.26. The maximum absolute atomic E-state index is 13.0. The molecule has 5 nitrogen and oxygen atoms in total. The van der Waals surface area contributed by atoms with Gasteiger partial charge in [-0.15, -0.1) is 0 Å². The van der Waals surface area contributed by atoms with Crippen molar-refractivity contribution >= 4 is 17.5 Å². The van der Waals surface area contributed by atoms with Crippen molar-refractivity contribution < 1.29 is 4.79 Å². The van der Waals surface area contributed by atoms with Crippen LogP contribution < -0.4 is 0 Å². The van der Waals surface area contributed by atoms with Crippen LogP contribution in [0, 0.1) is 13.8 Å². The van der Waals surface area contributed by atoms with Gasteiger partial charge in [-0.3, -0.25) is 14.5 Å². The Morgan fingerprint density at radius 3 is 2.59 bits per heavy atom. The van der Waals surface area contributed by atoms with E-state index in [-0.39, 0.29) is 5.91 Å². The first-order chi connectivity index (χ1) is 13.0. The Morgan fingerprint density at radius 1 is 1.15 bits per heavy atom. The maximum atomic E-state index is 13.0. The van der Waals surface area contributed by atoms with Crippen molar-refractivity contribution in [3.05, 3.63) is 81.9 Å². The van der Waals surface area contributed by atoms with E-state index in [2.05, 4.69) is 10.1 Å². The monoisotopic (exact) mass is 382 g/mol. The van der Waals surface area contributed by atoms with Gasteiger partial charge in [-0.05, 0) is 37.6 Å². The van der Waals surface area contributed by atoms with Crippen molar-refractivity contribution in [1.29, 1.82) is 0 Å². The molecule has 3 rings (SSSR count). The lowest BCUT2D eigenvalue weighted by Gasteiger charge is -2.17. The molecule has 0 fully saturated rings. The van der Waals surface area contributed by atoms with Crippen molar-refractivity contribution in [3.63, 3.8) is 0 Å². The molecule has 27 heavy (non-hydrogen) atoms. The zero-order chi connectivity index (χ0) is 19.4. The molecule has 2 aromatic heterocycles. The number of likely N-dealkylation sites (N-methyl/N-ethyl adjacent to an activating group) is 1. The molecule has 0 aliphatic rings. The molecular formula is C21H23ClN4O. The Hall–Kier alpha value is -2.66. The number of pyridine rings is 1. The summed E-state index contributed by atoms with van der Waals surface area (Å²) in [5.74, 6) is -0.0219. The van der Waals surface area contributed by atoms with Crippen LogP contribution in [0.2, 0.25) is 5.02 Å². The summed E-state index contributed by atoms with van der Waals surface area (Å²) in [6.07, 6.45) is 2.49. The van der Waals surface area contributed by atoms with Gasteiger partial charge < -0.3 is 4.90 Å². The van der Waals surface area contributed by atoms with Crippen LogP contribution in [0.15, 0.2) is 48.7 Å². The SMILES string of the molecule is Cc1nn(Cc2ccccc2Cl)c(C)c1C(=O)N(C)CCc1ccccn1. The van der Waals surface area contributed by atoms with Gasteiger partial charge in [0.25, 0.3) is 5.91 Å². The lowest BCUT2D eigenvalue weighted by Crippen LogP contribution is -2.29. The first-order valence-electron chi connectivity index (χ1n) is 8.90. The zero-order valence-electron chi connectivity index (χ0n) is 15.8. The minimum Gasteiger partial charge on any atom is -0.341 e. The second-order valence-electron chi connectivity index (χ2n) is 6.59. The lowest BCUT2D eigenvalue weighted by molar-refractivity contribution is 0.0795. The molecule has 0 N–H and O–H groups in total. The molecule has 6 heteroatoms. The summed E-state index contributed by atoms with van der Waals surface area (Å²) in [7, 11) is 1.82. The Kier molecular flexibility index (Phi) is 5.91. The van der Waals surface area contributed by atoms with Crippen LogP contribution in [-0.2, 0) is 13.0 Å². The molecule has 0 radical (unpaired) electrons. The number of aromatic nitrogens is 3. The van der Waals surface area contributed by atoms with Gasteiger partial charge in [-0.1, -0.05) is 35.9 Å². The highest BCUT2D eigenvalue weighted by molar-refractivity contribution is 6.31. The Morgan fingerprint density at radius 2 is 1.89 bits per heavy atom. The molecule has 0 spiro atoms. The van der Waals surface area contributed by atoms with E-state index < -0.39 is 0 Å². The topological polar surface area (TPSA) is 51.0 Å². The van der Waals surface area contributed by atoms with E-state index in [4.69, 9.17) is 11.6 Å². The van der Waals surface area contributed by atoms with Crippen LogP contribution in [0.5, 0.6) is 0 Å². The van der Waals surface area contributed by atoms with Crippen molar-refractivity contribution in [3.8, 4) is 0 Å². The largest absolute Gasteiger partial charge is 0.341 e. The average molecular weight is 383 g/mol. The molecule has 3 aromatic rings. The first kappa shape index (κ1) is 19.1.